The minimum atomic E-state index is -0.316. The number of halogens is 1. The molecule has 0 bridgehead atoms. The Morgan fingerprint density at radius 1 is 1.00 bits per heavy atom. The van der Waals surface area contributed by atoms with Crippen molar-refractivity contribution in [2.75, 3.05) is 0 Å². The van der Waals surface area contributed by atoms with E-state index in [1.54, 1.807) is 12.3 Å². The third-order valence-electron chi connectivity index (χ3n) is 1.57. The second kappa shape index (κ2) is 3.26. The van der Waals surface area contributed by atoms with Crippen molar-refractivity contribution in [1.29, 1.82) is 0 Å². The Morgan fingerprint density at radius 2 is 1.92 bits per heavy atom. The highest BCUT2D eigenvalue weighted by Crippen LogP contribution is 2.12. The van der Waals surface area contributed by atoms with Gasteiger partial charge in [-0.2, -0.15) is 0 Å². The topological polar surface area (TPSA) is 38.7 Å². The van der Waals surface area contributed by atoms with E-state index in [2.05, 4.69) is 15.0 Å². The molecule has 0 radical (unpaired) electrons. The van der Waals surface area contributed by atoms with Crippen LogP contribution in [-0.2, 0) is 0 Å². The summed E-state index contributed by atoms with van der Waals surface area (Å²) in [6, 6.07) is 4.31. The summed E-state index contributed by atoms with van der Waals surface area (Å²) in [6.45, 7) is 0. The van der Waals surface area contributed by atoms with Crippen molar-refractivity contribution in [1.82, 2.24) is 15.0 Å². The van der Waals surface area contributed by atoms with Gasteiger partial charge in [0, 0.05) is 18.5 Å². The molecular formula is C9H6FN3. The summed E-state index contributed by atoms with van der Waals surface area (Å²) in [7, 11) is 0. The first-order valence-electron chi connectivity index (χ1n) is 3.74. The summed E-state index contributed by atoms with van der Waals surface area (Å²) >= 11 is 0. The second-order valence-corrected chi connectivity index (χ2v) is 2.45. The van der Waals surface area contributed by atoms with Gasteiger partial charge in [0.05, 0.1) is 11.4 Å². The molecule has 0 saturated heterocycles. The first-order valence-corrected chi connectivity index (χ1v) is 3.74. The SMILES string of the molecule is Fc1ccnc(-c2ccncn2)c1. The Balaban J connectivity index is 2.48. The maximum Gasteiger partial charge on any atom is 0.126 e. The molecule has 0 fully saturated rings. The van der Waals surface area contributed by atoms with Gasteiger partial charge in [0.25, 0.3) is 0 Å². The molecule has 0 aliphatic heterocycles. The highest BCUT2D eigenvalue weighted by molar-refractivity contribution is 5.52. The van der Waals surface area contributed by atoms with E-state index < -0.39 is 0 Å². The summed E-state index contributed by atoms with van der Waals surface area (Å²) in [5, 5.41) is 0. The molecule has 0 unspecified atom stereocenters. The van der Waals surface area contributed by atoms with E-state index in [0.717, 1.165) is 0 Å². The molecule has 3 nitrogen and oxygen atoms in total. The molecule has 0 aliphatic carbocycles. The molecule has 2 heterocycles. The van der Waals surface area contributed by atoms with Crippen molar-refractivity contribution in [3.8, 4) is 11.4 Å². The molecule has 0 spiro atoms. The van der Waals surface area contributed by atoms with Gasteiger partial charge in [-0.1, -0.05) is 0 Å². The lowest BCUT2D eigenvalue weighted by atomic mass is 10.2. The van der Waals surface area contributed by atoms with Gasteiger partial charge >= 0.3 is 0 Å². The van der Waals surface area contributed by atoms with Crippen LogP contribution in [-0.4, -0.2) is 15.0 Å². The van der Waals surface area contributed by atoms with E-state index in [0.29, 0.717) is 11.4 Å². The van der Waals surface area contributed by atoms with Crippen LogP contribution < -0.4 is 0 Å². The van der Waals surface area contributed by atoms with Crippen molar-refractivity contribution in [3.05, 3.63) is 42.7 Å². The fraction of sp³-hybridized carbons (Fsp3) is 0. The van der Waals surface area contributed by atoms with Gasteiger partial charge in [0.2, 0.25) is 0 Å². The van der Waals surface area contributed by atoms with Crippen LogP contribution in [0.25, 0.3) is 11.4 Å². The molecule has 64 valence electrons. The zero-order chi connectivity index (χ0) is 9.10. The number of pyridine rings is 1. The zero-order valence-corrected chi connectivity index (χ0v) is 6.68. The lowest BCUT2D eigenvalue weighted by Crippen LogP contribution is -1.88. The van der Waals surface area contributed by atoms with E-state index >= 15 is 0 Å². The van der Waals surface area contributed by atoms with Crippen molar-refractivity contribution in [2.24, 2.45) is 0 Å². The highest BCUT2D eigenvalue weighted by Gasteiger charge is 2.00. The van der Waals surface area contributed by atoms with Crippen LogP contribution in [0.3, 0.4) is 0 Å². The predicted octanol–water partition coefficient (Wildman–Crippen LogP) is 1.68. The zero-order valence-electron chi connectivity index (χ0n) is 6.68. The molecule has 0 N–H and O–H groups in total. The Morgan fingerprint density at radius 3 is 2.62 bits per heavy atom. The molecule has 2 aromatic rings. The Hall–Kier alpha value is -1.84. The van der Waals surface area contributed by atoms with Crippen LogP contribution in [0.4, 0.5) is 4.39 Å². The first kappa shape index (κ1) is 7.79. The summed E-state index contributed by atoms with van der Waals surface area (Å²) in [4.78, 5) is 11.7. The second-order valence-electron chi connectivity index (χ2n) is 2.45. The number of rotatable bonds is 1. The molecule has 4 heteroatoms. The predicted molar refractivity (Wildman–Crippen MR) is 45.2 cm³/mol. The minimum absolute atomic E-state index is 0.316. The monoisotopic (exact) mass is 175 g/mol. The van der Waals surface area contributed by atoms with E-state index in [-0.39, 0.29) is 5.82 Å². The van der Waals surface area contributed by atoms with Crippen molar-refractivity contribution < 1.29 is 4.39 Å². The standard InChI is InChI=1S/C9H6FN3/c10-7-1-4-12-9(5-7)8-2-3-11-6-13-8/h1-6H. The third-order valence-corrected chi connectivity index (χ3v) is 1.57. The van der Waals surface area contributed by atoms with Gasteiger partial charge in [-0.05, 0) is 12.1 Å². The molecule has 0 saturated carbocycles. The molecule has 2 rings (SSSR count). The lowest BCUT2D eigenvalue weighted by Gasteiger charge is -1.97. The van der Waals surface area contributed by atoms with Crippen molar-refractivity contribution >= 4 is 0 Å². The van der Waals surface area contributed by atoms with Gasteiger partial charge in [0.15, 0.2) is 0 Å². The smallest absolute Gasteiger partial charge is 0.126 e. The number of nitrogens with zero attached hydrogens (tertiary/aromatic N) is 3. The molecule has 0 atom stereocenters. The molecule has 0 aliphatic rings. The summed E-state index contributed by atoms with van der Waals surface area (Å²) in [5.74, 6) is -0.316. The van der Waals surface area contributed by atoms with Gasteiger partial charge in [-0.3, -0.25) is 4.98 Å². The number of hydrogen-bond acceptors (Lipinski definition) is 3. The number of aromatic nitrogens is 3. The van der Waals surface area contributed by atoms with Crippen molar-refractivity contribution in [2.45, 2.75) is 0 Å². The molecular weight excluding hydrogens is 169 g/mol. The van der Waals surface area contributed by atoms with Gasteiger partial charge in [0.1, 0.15) is 12.1 Å². The van der Waals surface area contributed by atoms with Gasteiger partial charge in [-0.25, -0.2) is 14.4 Å². The first-order chi connectivity index (χ1) is 6.36. The van der Waals surface area contributed by atoms with Crippen LogP contribution in [0.15, 0.2) is 36.9 Å². The molecule has 0 aromatic carbocycles. The molecule has 2 aromatic heterocycles. The Labute approximate surface area is 74.3 Å². The van der Waals surface area contributed by atoms with E-state index in [1.807, 2.05) is 0 Å². The maximum atomic E-state index is 12.8. The highest BCUT2D eigenvalue weighted by atomic mass is 19.1. The van der Waals surface area contributed by atoms with Crippen LogP contribution in [0.2, 0.25) is 0 Å². The van der Waals surface area contributed by atoms with Crippen LogP contribution >= 0.6 is 0 Å². The van der Waals surface area contributed by atoms with Crippen LogP contribution in [0, 0.1) is 5.82 Å². The number of hydrogen-bond donors (Lipinski definition) is 0. The average Bonchev–Trinajstić information content (AvgIpc) is 2.19. The fourth-order valence-corrected chi connectivity index (χ4v) is 0.987. The minimum Gasteiger partial charge on any atom is -0.254 e. The summed E-state index contributed by atoms with van der Waals surface area (Å²) in [5.41, 5.74) is 1.14. The Kier molecular flexibility index (Phi) is 1.96. The van der Waals surface area contributed by atoms with E-state index in [1.165, 1.54) is 24.7 Å². The maximum absolute atomic E-state index is 12.8. The lowest BCUT2D eigenvalue weighted by molar-refractivity contribution is 0.626. The van der Waals surface area contributed by atoms with E-state index in [9.17, 15) is 4.39 Å². The largest absolute Gasteiger partial charge is 0.254 e. The van der Waals surface area contributed by atoms with Crippen LogP contribution in [0.5, 0.6) is 0 Å². The Bertz CT molecular complexity index is 403. The normalized spacial score (nSPS) is 9.92. The third kappa shape index (κ3) is 1.66. The molecule has 13 heavy (non-hydrogen) atoms. The van der Waals surface area contributed by atoms with Crippen molar-refractivity contribution in [3.63, 3.8) is 0 Å². The van der Waals surface area contributed by atoms with Crippen LogP contribution in [0.1, 0.15) is 0 Å². The quantitative estimate of drug-likeness (QED) is 0.661. The fourth-order valence-electron chi connectivity index (χ4n) is 0.987. The average molecular weight is 175 g/mol. The van der Waals surface area contributed by atoms with Gasteiger partial charge in [-0.15, -0.1) is 0 Å². The summed E-state index contributed by atoms with van der Waals surface area (Å²) in [6.07, 6.45) is 4.41. The van der Waals surface area contributed by atoms with Gasteiger partial charge < -0.3 is 0 Å². The summed E-state index contributed by atoms with van der Waals surface area (Å²) < 4.78 is 12.8. The van der Waals surface area contributed by atoms with E-state index in [4.69, 9.17) is 0 Å². The molecule has 0 amide bonds.